The molecule has 0 saturated carbocycles. The molecule has 0 bridgehead atoms. The van der Waals surface area contributed by atoms with E-state index in [4.69, 9.17) is 5.73 Å². The number of nitrogens with zero attached hydrogens (tertiary/aromatic N) is 3. The Morgan fingerprint density at radius 3 is 2.57 bits per heavy atom. The molecular weight excluding hydrogens is 288 g/mol. The van der Waals surface area contributed by atoms with Crippen LogP contribution in [0.4, 0.5) is 0 Å². The van der Waals surface area contributed by atoms with Gasteiger partial charge in [0.25, 0.3) is 5.91 Å². The van der Waals surface area contributed by atoms with Gasteiger partial charge in [0, 0.05) is 25.3 Å². The van der Waals surface area contributed by atoms with Crippen LogP contribution in [0, 0.1) is 6.92 Å². The summed E-state index contributed by atoms with van der Waals surface area (Å²) in [5.41, 5.74) is 7.90. The van der Waals surface area contributed by atoms with E-state index in [1.165, 1.54) is 0 Å². The van der Waals surface area contributed by atoms with Crippen LogP contribution in [0.2, 0.25) is 0 Å². The first-order valence-corrected chi connectivity index (χ1v) is 6.64. The Balaban J connectivity index is 0.00000220. The monoisotopic (exact) mass is 308 g/mol. The number of aryl methyl sites for hydroxylation is 1. The van der Waals surface area contributed by atoms with Crippen LogP contribution in [0.3, 0.4) is 0 Å². The van der Waals surface area contributed by atoms with Crippen LogP contribution < -0.4 is 5.73 Å². The van der Waals surface area contributed by atoms with Gasteiger partial charge in [0.15, 0.2) is 5.69 Å². The first kappa shape index (κ1) is 17.2. The second-order valence-electron chi connectivity index (χ2n) is 4.92. The number of nitrogens with two attached hydrogens (primary N) is 1. The van der Waals surface area contributed by atoms with E-state index in [1.54, 1.807) is 22.7 Å². The second kappa shape index (κ2) is 7.24. The zero-order valence-corrected chi connectivity index (χ0v) is 13.3. The number of carbonyl (C=O) groups is 1. The third kappa shape index (κ3) is 3.62. The average Bonchev–Trinajstić information content (AvgIpc) is 2.87. The Labute approximate surface area is 131 Å². The van der Waals surface area contributed by atoms with Crippen molar-refractivity contribution >= 4 is 18.3 Å². The lowest BCUT2D eigenvalue weighted by molar-refractivity contribution is 0.0742. The average molecular weight is 309 g/mol. The highest BCUT2D eigenvalue weighted by Gasteiger charge is 2.20. The van der Waals surface area contributed by atoms with Gasteiger partial charge in [-0.1, -0.05) is 18.2 Å². The smallest absolute Gasteiger partial charge is 0.274 e. The molecular formula is C15H21ClN4O. The highest BCUT2D eigenvalue weighted by Crippen LogP contribution is 2.13. The SMILES string of the molecule is Cc1cc(C(=O)N(C)C(C)CN)nn1-c1ccccc1.Cl. The molecule has 0 spiro atoms. The van der Waals surface area contributed by atoms with Crippen LogP contribution in [0.25, 0.3) is 5.69 Å². The van der Waals surface area contributed by atoms with E-state index in [9.17, 15) is 4.79 Å². The standard InChI is InChI=1S/C15H20N4O.ClH/c1-11-9-14(15(20)18(3)12(2)10-16)17-19(11)13-7-5-4-6-8-13;/h4-9,12H,10,16H2,1-3H3;1H. The van der Waals surface area contributed by atoms with Gasteiger partial charge < -0.3 is 10.6 Å². The second-order valence-corrected chi connectivity index (χ2v) is 4.92. The minimum atomic E-state index is -0.110. The van der Waals surface area contributed by atoms with Gasteiger partial charge in [0.1, 0.15) is 0 Å². The van der Waals surface area contributed by atoms with Crippen molar-refractivity contribution < 1.29 is 4.79 Å². The van der Waals surface area contributed by atoms with Crippen molar-refractivity contribution in [3.05, 3.63) is 47.8 Å². The van der Waals surface area contributed by atoms with Crippen molar-refractivity contribution in [3.63, 3.8) is 0 Å². The molecule has 1 unspecified atom stereocenters. The highest BCUT2D eigenvalue weighted by atomic mass is 35.5. The van der Waals surface area contributed by atoms with Crippen molar-refractivity contribution in [1.82, 2.24) is 14.7 Å². The molecule has 114 valence electrons. The van der Waals surface area contributed by atoms with Gasteiger partial charge in [-0.2, -0.15) is 5.10 Å². The van der Waals surface area contributed by atoms with E-state index in [0.717, 1.165) is 11.4 Å². The summed E-state index contributed by atoms with van der Waals surface area (Å²) in [4.78, 5) is 14.0. The Morgan fingerprint density at radius 2 is 2.00 bits per heavy atom. The predicted octanol–water partition coefficient (Wildman–Crippen LogP) is 2.02. The van der Waals surface area contributed by atoms with E-state index in [0.29, 0.717) is 12.2 Å². The van der Waals surface area contributed by atoms with Crippen LogP contribution in [0.1, 0.15) is 23.1 Å². The minimum absolute atomic E-state index is 0. The topological polar surface area (TPSA) is 64.2 Å². The normalized spacial score (nSPS) is 11.6. The quantitative estimate of drug-likeness (QED) is 0.940. The fraction of sp³-hybridized carbons (Fsp3) is 0.333. The third-order valence-corrected chi connectivity index (χ3v) is 3.43. The number of amides is 1. The van der Waals surface area contributed by atoms with E-state index >= 15 is 0 Å². The summed E-state index contributed by atoms with van der Waals surface area (Å²) in [6, 6.07) is 11.5. The van der Waals surface area contributed by atoms with Gasteiger partial charge in [0.2, 0.25) is 0 Å². The lowest BCUT2D eigenvalue weighted by atomic mass is 10.2. The van der Waals surface area contributed by atoms with Gasteiger partial charge in [-0.25, -0.2) is 4.68 Å². The lowest BCUT2D eigenvalue weighted by Gasteiger charge is -2.22. The maximum atomic E-state index is 12.3. The molecule has 5 nitrogen and oxygen atoms in total. The summed E-state index contributed by atoms with van der Waals surface area (Å²) >= 11 is 0. The molecule has 1 heterocycles. The number of aromatic nitrogens is 2. The van der Waals surface area contributed by atoms with Crippen LogP contribution in [0.5, 0.6) is 0 Å². The summed E-state index contributed by atoms with van der Waals surface area (Å²) < 4.78 is 1.77. The van der Waals surface area contributed by atoms with Crippen LogP contribution in [-0.4, -0.2) is 40.2 Å². The van der Waals surface area contributed by atoms with E-state index in [2.05, 4.69) is 5.10 Å². The van der Waals surface area contributed by atoms with Crippen molar-refractivity contribution in [1.29, 1.82) is 0 Å². The summed E-state index contributed by atoms with van der Waals surface area (Å²) in [5, 5.41) is 4.40. The molecule has 0 aliphatic heterocycles. The number of hydrogen-bond acceptors (Lipinski definition) is 3. The first-order chi connectivity index (χ1) is 9.54. The minimum Gasteiger partial charge on any atom is -0.336 e. The van der Waals surface area contributed by atoms with Gasteiger partial charge in [0.05, 0.1) is 5.69 Å². The number of halogens is 1. The number of likely N-dealkylation sites (N-methyl/N-ethyl adjacent to an activating group) is 1. The Bertz CT molecular complexity index is 597. The van der Waals surface area contributed by atoms with Gasteiger partial charge >= 0.3 is 0 Å². The van der Waals surface area contributed by atoms with Crippen molar-refractivity contribution in [2.24, 2.45) is 5.73 Å². The van der Waals surface area contributed by atoms with Crippen LogP contribution in [-0.2, 0) is 0 Å². The molecule has 2 aromatic rings. The summed E-state index contributed by atoms with van der Waals surface area (Å²) in [6.45, 7) is 4.28. The van der Waals surface area contributed by atoms with Gasteiger partial charge in [-0.15, -0.1) is 12.4 Å². The summed E-state index contributed by atoms with van der Waals surface area (Å²) in [6.07, 6.45) is 0. The number of carbonyl (C=O) groups excluding carboxylic acids is 1. The zero-order valence-electron chi connectivity index (χ0n) is 12.5. The number of para-hydroxylation sites is 1. The molecule has 0 aliphatic carbocycles. The van der Waals surface area contributed by atoms with Crippen molar-refractivity contribution in [2.75, 3.05) is 13.6 Å². The molecule has 0 fully saturated rings. The fourth-order valence-corrected chi connectivity index (χ4v) is 1.95. The molecule has 0 aliphatic rings. The molecule has 1 amide bonds. The van der Waals surface area contributed by atoms with Crippen LogP contribution >= 0.6 is 12.4 Å². The highest BCUT2D eigenvalue weighted by molar-refractivity contribution is 5.92. The number of hydrogen-bond donors (Lipinski definition) is 1. The molecule has 1 aromatic carbocycles. The molecule has 2 N–H and O–H groups in total. The molecule has 21 heavy (non-hydrogen) atoms. The van der Waals surface area contributed by atoms with Crippen LogP contribution in [0.15, 0.2) is 36.4 Å². The molecule has 6 heteroatoms. The maximum Gasteiger partial charge on any atom is 0.274 e. The molecule has 1 aromatic heterocycles. The van der Waals surface area contributed by atoms with E-state index in [-0.39, 0.29) is 24.4 Å². The van der Waals surface area contributed by atoms with E-state index in [1.807, 2.05) is 44.2 Å². The lowest BCUT2D eigenvalue weighted by Crippen LogP contribution is -2.39. The number of rotatable bonds is 4. The first-order valence-electron chi connectivity index (χ1n) is 6.64. The van der Waals surface area contributed by atoms with Crippen molar-refractivity contribution in [3.8, 4) is 5.69 Å². The Kier molecular flexibility index (Phi) is 5.93. The molecule has 2 rings (SSSR count). The molecule has 0 saturated heterocycles. The van der Waals surface area contributed by atoms with Crippen molar-refractivity contribution in [2.45, 2.75) is 19.9 Å². The largest absolute Gasteiger partial charge is 0.336 e. The summed E-state index contributed by atoms with van der Waals surface area (Å²) in [7, 11) is 1.75. The predicted molar refractivity (Wildman–Crippen MR) is 86.2 cm³/mol. The third-order valence-electron chi connectivity index (χ3n) is 3.43. The maximum absolute atomic E-state index is 12.3. The number of benzene rings is 1. The molecule has 1 atom stereocenters. The van der Waals surface area contributed by atoms with Gasteiger partial charge in [-0.3, -0.25) is 4.79 Å². The Morgan fingerprint density at radius 1 is 1.38 bits per heavy atom. The fourth-order valence-electron chi connectivity index (χ4n) is 1.95. The summed E-state index contributed by atoms with van der Waals surface area (Å²) in [5.74, 6) is -0.110. The van der Waals surface area contributed by atoms with E-state index < -0.39 is 0 Å². The Hall–Kier alpha value is -1.85. The molecule has 0 radical (unpaired) electrons. The zero-order chi connectivity index (χ0) is 14.7. The van der Waals surface area contributed by atoms with Gasteiger partial charge in [-0.05, 0) is 32.0 Å².